The summed E-state index contributed by atoms with van der Waals surface area (Å²) in [5, 5.41) is 0. The van der Waals surface area contributed by atoms with Crippen molar-refractivity contribution in [1.29, 1.82) is 0 Å². The van der Waals surface area contributed by atoms with Crippen molar-refractivity contribution in [3.63, 3.8) is 0 Å². The SMILES string of the molecule is CC1CC(C)CN(C(=O)C2CCN(S(=O)(=O)c3ccccc3F)CC2)C1. The van der Waals surface area contributed by atoms with E-state index in [9.17, 15) is 17.6 Å². The first-order chi connectivity index (χ1) is 12.3. The van der Waals surface area contributed by atoms with E-state index in [2.05, 4.69) is 13.8 Å². The number of hydrogen-bond acceptors (Lipinski definition) is 3. The van der Waals surface area contributed by atoms with Crippen molar-refractivity contribution in [1.82, 2.24) is 9.21 Å². The van der Waals surface area contributed by atoms with Crippen LogP contribution in [0.3, 0.4) is 0 Å². The van der Waals surface area contributed by atoms with Crippen LogP contribution in [0.25, 0.3) is 0 Å². The van der Waals surface area contributed by atoms with Crippen LogP contribution in [0.15, 0.2) is 29.2 Å². The molecule has 0 aliphatic carbocycles. The summed E-state index contributed by atoms with van der Waals surface area (Å²) < 4.78 is 40.5. The van der Waals surface area contributed by atoms with Gasteiger partial charge in [-0.3, -0.25) is 4.79 Å². The van der Waals surface area contributed by atoms with Crippen LogP contribution >= 0.6 is 0 Å². The zero-order valence-electron chi connectivity index (χ0n) is 15.4. The maximum absolute atomic E-state index is 13.9. The van der Waals surface area contributed by atoms with Gasteiger partial charge in [0.25, 0.3) is 0 Å². The van der Waals surface area contributed by atoms with Gasteiger partial charge >= 0.3 is 0 Å². The molecule has 2 fully saturated rings. The number of rotatable bonds is 3. The van der Waals surface area contributed by atoms with Gasteiger partial charge in [-0.05, 0) is 43.2 Å². The van der Waals surface area contributed by atoms with Crippen LogP contribution < -0.4 is 0 Å². The zero-order chi connectivity index (χ0) is 18.9. The number of benzene rings is 1. The largest absolute Gasteiger partial charge is 0.342 e. The third kappa shape index (κ3) is 3.93. The normalized spacial score (nSPS) is 26.0. The molecule has 0 saturated carbocycles. The maximum atomic E-state index is 13.9. The van der Waals surface area contributed by atoms with Gasteiger partial charge in [-0.1, -0.05) is 26.0 Å². The van der Waals surface area contributed by atoms with Crippen molar-refractivity contribution >= 4 is 15.9 Å². The Morgan fingerprint density at radius 3 is 2.23 bits per heavy atom. The smallest absolute Gasteiger partial charge is 0.245 e. The Morgan fingerprint density at radius 1 is 1.08 bits per heavy atom. The number of nitrogens with zero attached hydrogens (tertiary/aromatic N) is 2. The van der Waals surface area contributed by atoms with E-state index < -0.39 is 15.8 Å². The van der Waals surface area contributed by atoms with Crippen molar-refractivity contribution in [2.75, 3.05) is 26.2 Å². The second-order valence-corrected chi connectivity index (χ2v) is 9.70. The highest BCUT2D eigenvalue weighted by molar-refractivity contribution is 7.89. The summed E-state index contributed by atoms with van der Waals surface area (Å²) in [5.74, 6) is 0.279. The molecule has 1 aromatic carbocycles. The Kier molecular flexibility index (Phi) is 5.67. The van der Waals surface area contributed by atoms with Crippen LogP contribution in [-0.2, 0) is 14.8 Å². The van der Waals surface area contributed by atoms with Crippen molar-refractivity contribution in [2.24, 2.45) is 17.8 Å². The lowest BCUT2D eigenvalue weighted by Gasteiger charge is -2.39. The highest BCUT2D eigenvalue weighted by Crippen LogP contribution is 2.28. The fourth-order valence-corrected chi connectivity index (χ4v) is 5.77. The van der Waals surface area contributed by atoms with Crippen LogP contribution in [0.2, 0.25) is 0 Å². The predicted molar refractivity (Wildman–Crippen MR) is 97.4 cm³/mol. The summed E-state index contributed by atoms with van der Waals surface area (Å²) in [6.07, 6.45) is 2.13. The zero-order valence-corrected chi connectivity index (χ0v) is 16.2. The molecule has 2 aliphatic rings. The summed E-state index contributed by atoms with van der Waals surface area (Å²) in [6.45, 7) is 6.42. The molecule has 2 saturated heterocycles. The highest BCUT2D eigenvalue weighted by atomic mass is 32.2. The maximum Gasteiger partial charge on any atom is 0.245 e. The number of piperidine rings is 2. The minimum Gasteiger partial charge on any atom is -0.342 e. The van der Waals surface area contributed by atoms with Gasteiger partial charge in [-0.2, -0.15) is 4.31 Å². The second-order valence-electron chi connectivity index (χ2n) is 7.80. The average Bonchev–Trinajstić information content (AvgIpc) is 2.60. The van der Waals surface area contributed by atoms with Crippen molar-refractivity contribution < 1.29 is 17.6 Å². The monoisotopic (exact) mass is 382 g/mol. The van der Waals surface area contributed by atoms with Crippen LogP contribution in [-0.4, -0.2) is 49.7 Å². The Hall–Kier alpha value is -1.47. The minimum absolute atomic E-state index is 0.139. The Morgan fingerprint density at radius 2 is 1.65 bits per heavy atom. The van der Waals surface area contributed by atoms with Gasteiger partial charge in [-0.15, -0.1) is 0 Å². The van der Waals surface area contributed by atoms with Crippen molar-refractivity contribution in [3.8, 4) is 0 Å². The Balaban J connectivity index is 1.64. The lowest BCUT2D eigenvalue weighted by Crippen LogP contribution is -2.48. The number of likely N-dealkylation sites (tertiary alicyclic amines) is 1. The summed E-state index contributed by atoms with van der Waals surface area (Å²) in [6, 6.07) is 5.44. The van der Waals surface area contributed by atoms with Gasteiger partial charge < -0.3 is 4.90 Å². The molecule has 2 unspecified atom stereocenters. The first-order valence-corrected chi connectivity index (χ1v) is 10.8. The summed E-state index contributed by atoms with van der Waals surface area (Å²) in [4.78, 5) is 14.5. The van der Waals surface area contributed by atoms with Crippen molar-refractivity contribution in [3.05, 3.63) is 30.1 Å². The summed E-state index contributed by atoms with van der Waals surface area (Å²) in [5.41, 5.74) is 0. The van der Waals surface area contributed by atoms with E-state index in [1.54, 1.807) is 0 Å². The third-order valence-electron chi connectivity index (χ3n) is 5.44. The van der Waals surface area contributed by atoms with E-state index in [4.69, 9.17) is 0 Å². The van der Waals surface area contributed by atoms with E-state index in [0.717, 1.165) is 25.6 Å². The molecule has 2 aliphatic heterocycles. The topological polar surface area (TPSA) is 57.7 Å². The molecule has 1 aromatic rings. The van der Waals surface area contributed by atoms with Crippen LogP contribution in [0.4, 0.5) is 4.39 Å². The molecule has 3 rings (SSSR count). The number of sulfonamides is 1. The number of halogens is 1. The van der Waals surface area contributed by atoms with Crippen molar-refractivity contribution in [2.45, 2.75) is 38.0 Å². The van der Waals surface area contributed by atoms with Crippen LogP contribution in [0.1, 0.15) is 33.1 Å². The van der Waals surface area contributed by atoms with Gasteiger partial charge in [0.05, 0.1) is 0 Å². The molecule has 26 heavy (non-hydrogen) atoms. The second kappa shape index (κ2) is 7.64. The van der Waals surface area contributed by atoms with Gasteiger partial charge in [-0.25, -0.2) is 12.8 Å². The molecular formula is C19H27FN2O3S. The van der Waals surface area contributed by atoms with E-state index in [1.165, 1.54) is 22.5 Å². The lowest BCUT2D eigenvalue weighted by molar-refractivity contribution is -0.139. The number of carbonyl (C=O) groups is 1. The van der Waals surface area contributed by atoms with Crippen LogP contribution in [0.5, 0.6) is 0 Å². The lowest BCUT2D eigenvalue weighted by atomic mass is 9.89. The van der Waals surface area contributed by atoms with Crippen LogP contribution in [0, 0.1) is 23.6 Å². The molecule has 0 aromatic heterocycles. The van der Waals surface area contributed by atoms with E-state index in [0.29, 0.717) is 24.7 Å². The Labute approximate surface area is 155 Å². The molecule has 2 heterocycles. The molecule has 7 heteroatoms. The fraction of sp³-hybridized carbons (Fsp3) is 0.632. The first kappa shape index (κ1) is 19.3. The molecule has 1 amide bonds. The molecular weight excluding hydrogens is 355 g/mol. The summed E-state index contributed by atoms with van der Waals surface area (Å²) in [7, 11) is -3.85. The number of amides is 1. The molecule has 5 nitrogen and oxygen atoms in total. The van der Waals surface area contributed by atoms with E-state index >= 15 is 0 Å². The number of hydrogen-bond donors (Lipinski definition) is 0. The average molecular weight is 383 g/mol. The standard InChI is InChI=1S/C19H27FN2O3S/c1-14-11-15(2)13-21(12-14)19(23)16-7-9-22(10-8-16)26(24,25)18-6-4-3-5-17(18)20/h3-6,14-16H,7-13H2,1-2H3. The Bertz CT molecular complexity index is 750. The molecule has 0 N–H and O–H groups in total. The molecule has 144 valence electrons. The molecule has 0 bridgehead atoms. The quantitative estimate of drug-likeness (QED) is 0.808. The summed E-state index contributed by atoms with van der Waals surface area (Å²) >= 11 is 0. The van der Waals surface area contributed by atoms with Gasteiger partial charge in [0.2, 0.25) is 15.9 Å². The first-order valence-electron chi connectivity index (χ1n) is 9.32. The predicted octanol–water partition coefficient (Wildman–Crippen LogP) is 2.73. The van der Waals surface area contributed by atoms with E-state index in [-0.39, 0.29) is 29.8 Å². The minimum atomic E-state index is -3.85. The molecule has 2 atom stereocenters. The fourth-order valence-electron chi connectivity index (χ4n) is 4.24. The van der Waals surface area contributed by atoms with Gasteiger partial charge in [0.1, 0.15) is 10.7 Å². The van der Waals surface area contributed by atoms with Gasteiger partial charge in [0, 0.05) is 32.1 Å². The highest BCUT2D eigenvalue weighted by Gasteiger charge is 2.36. The van der Waals surface area contributed by atoms with Gasteiger partial charge in [0.15, 0.2) is 0 Å². The van der Waals surface area contributed by atoms with E-state index in [1.807, 2.05) is 4.90 Å². The molecule has 0 radical (unpaired) electrons. The third-order valence-corrected chi connectivity index (χ3v) is 7.37. The number of carbonyl (C=O) groups excluding carboxylic acids is 1. The molecule has 0 spiro atoms.